The van der Waals surface area contributed by atoms with E-state index < -0.39 is 23.6 Å². The van der Waals surface area contributed by atoms with Crippen molar-refractivity contribution < 1.29 is 22.8 Å². The van der Waals surface area contributed by atoms with Crippen molar-refractivity contribution in [2.24, 2.45) is 0 Å². The maximum atomic E-state index is 11.9. The summed E-state index contributed by atoms with van der Waals surface area (Å²) in [5.41, 5.74) is -0.460. The Morgan fingerprint density at radius 1 is 1.12 bits per heavy atom. The van der Waals surface area contributed by atoms with E-state index in [0.29, 0.717) is 0 Å². The number of carbonyl (C=O) groups is 2. The second kappa shape index (κ2) is 4.82. The lowest BCUT2D eigenvalue weighted by molar-refractivity contribution is -0.172. The van der Waals surface area contributed by atoms with E-state index in [4.69, 9.17) is 0 Å². The van der Waals surface area contributed by atoms with Crippen molar-refractivity contribution in [1.82, 2.24) is 5.32 Å². The number of allylic oxidation sites excluding steroid dienone is 1. The Kier molecular flexibility index (Phi) is 3.67. The Bertz CT molecular complexity index is 452. The van der Waals surface area contributed by atoms with Crippen LogP contribution in [0.25, 0.3) is 0 Å². The number of rotatable bonds is 3. The lowest BCUT2D eigenvalue weighted by Crippen LogP contribution is -2.37. The van der Waals surface area contributed by atoms with Gasteiger partial charge in [-0.15, -0.1) is 0 Å². The quantitative estimate of drug-likeness (QED) is 0.652. The van der Waals surface area contributed by atoms with Gasteiger partial charge in [-0.3, -0.25) is 9.59 Å². The number of Topliss-reactive ketones (excluding diaryl/α,β-unsaturated/α-hetero) is 1. The van der Waals surface area contributed by atoms with Crippen LogP contribution in [0.2, 0.25) is 0 Å². The van der Waals surface area contributed by atoms with E-state index in [0.717, 1.165) is 0 Å². The van der Waals surface area contributed by atoms with E-state index in [1.807, 2.05) is 0 Å². The predicted molar refractivity (Wildman–Crippen MR) is 54.1 cm³/mol. The molecule has 0 heterocycles. The number of amides is 1. The number of halogens is 3. The number of benzene rings is 1. The highest BCUT2D eigenvalue weighted by molar-refractivity contribution is 6.10. The monoisotopic (exact) mass is 243 g/mol. The van der Waals surface area contributed by atoms with Gasteiger partial charge in [-0.05, 0) is 0 Å². The Morgan fingerprint density at radius 2 is 1.65 bits per heavy atom. The summed E-state index contributed by atoms with van der Waals surface area (Å²) in [7, 11) is 0. The van der Waals surface area contributed by atoms with E-state index in [-0.39, 0.29) is 5.56 Å². The summed E-state index contributed by atoms with van der Waals surface area (Å²) >= 11 is 0. The van der Waals surface area contributed by atoms with Crippen molar-refractivity contribution in [2.45, 2.75) is 6.18 Å². The van der Waals surface area contributed by atoms with Crippen LogP contribution >= 0.6 is 0 Å². The normalized spacial score (nSPS) is 10.8. The van der Waals surface area contributed by atoms with Crippen molar-refractivity contribution in [3.63, 3.8) is 0 Å². The zero-order chi connectivity index (χ0) is 13.1. The molecule has 0 aliphatic heterocycles. The molecule has 0 saturated heterocycles. The van der Waals surface area contributed by atoms with Crippen molar-refractivity contribution in [2.75, 3.05) is 0 Å². The lowest BCUT2D eigenvalue weighted by Gasteiger charge is -2.09. The maximum Gasteiger partial charge on any atom is 0.471 e. The predicted octanol–water partition coefficient (Wildman–Crippen LogP) is 2.06. The molecule has 0 aliphatic carbocycles. The van der Waals surface area contributed by atoms with Crippen molar-refractivity contribution in [3.05, 3.63) is 48.2 Å². The minimum Gasteiger partial charge on any atom is -0.315 e. The number of hydrogen-bond acceptors (Lipinski definition) is 2. The zero-order valence-electron chi connectivity index (χ0n) is 8.54. The summed E-state index contributed by atoms with van der Waals surface area (Å²) in [6.07, 6.45) is -5.04. The second-order valence-electron chi connectivity index (χ2n) is 3.13. The third-order valence-corrected chi connectivity index (χ3v) is 1.83. The number of hydrogen-bond donors (Lipinski definition) is 1. The minimum atomic E-state index is -5.04. The molecule has 1 amide bonds. The molecule has 0 aromatic heterocycles. The standard InChI is InChI=1S/C11H8F3NO2/c1-7(15-10(17)11(12,13)14)9(16)8-5-3-2-4-6-8/h2-6H,1H2,(H,15,17). The van der Waals surface area contributed by atoms with Crippen LogP contribution in [0.5, 0.6) is 0 Å². The van der Waals surface area contributed by atoms with Crippen LogP contribution in [-0.4, -0.2) is 17.9 Å². The van der Waals surface area contributed by atoms with Crippen molar-refractivity contribution in [1.29, 1.82) is 0 Å². The molecule has 90 valence electrons. The Balaban J connectivity index is 2.73. The topological polar surface area (TPSA) is 46.2 Å². The van der Waals surface area contributed by atoms with Gasteiger partial charge in [-0.25, -0.2) is 0 Å². The maximum absolute atomic E-state index is 11.9. The van der Waals surface area contributed by atoms with Gasteiger partial charge in [0, 0.05) is 5.56 Å². The van der Waals surface area contributed by atoms with E-state index in [2.05, 4.69) is 6.58 Å². The van der Waals surface area contributed by atoms with Gasteiger partial charge in [-0.1, -0.05) is 36.9 Å². The molecule has 0 bridgehead atoms. The Hall–Kier alpha value is -2.11. The Morgan fingerprint density at radius 3 is 2.12 bits per heavy atom. The largest absolute Gasteiger partial charge is 0.471 e. The molecule has 17 heavy (non-hydrogen) atoms. The van der Waals surface area contributed by atoms with Crippen LogP contribution in [0.4, 0.5) is 13.2 Å². The van der Waals surface area contributed by atoms with Crippen LogP contribution in [0, 0.1) is 0 Å². The molecule has 0 unspecified atom stereocenters. The Labute approximate surface area is 94.9 Å². The minimum absolute atomic E-state index is 0.153. The molecule has 0 spiro atoms. The summed E-state index contributed by atoms with van der Waals surface area (Å²) in [6, 6.07) is 7.56. The van der Waals surface area contributed by atoms with E-state index in [1.54, 1.807) is 18.2 Å². The highest BCUT2D eigenvalue weighted by atomic mass is 19.4. The highest BCUT2D eigenvalue weighted by Gasteiger charge is 2.39. The fourth-order valence-electron chi connectivity index (χ4n) is 1.03. The first-order valence-corrected chi connectivity index (χ1v) is 4.49. The van der Waals surface area contributed by atoms with Gasteiger partial charge < -0.3 is 5.32 Å². The molecular formula is C11H8F3NO2. The number of ketones is 1. The average Bonchev–Trinajstić information content (AvgIpc) is 2.27. The first kappa shape index (κ1) is 13.0. The molecule has 0 atom stereocenters. The first-order valence-electron chi connectivity index (χ1n) is 4.49. The summed E-state index contributed by atoms with van der Waals surface area (Å²) in [6.45, 7) is 3.10. The van der Waals surface area contributed by atoms with Crippen LogP contribution in [0.1, 0.15) is 10.4 Å². The molecule has 0 saturated carbocycles. The smallest absolute Gasteiger partial charge is 0.315 e. The number of alkyl halides is 3. The summed E-state index contributed by atoms with van der Waals surface area (Å²) < 4.78 is 35.7. The van der Waals surface area contributed by atoms with Crippen molar-refractivity contribution >= 4 is 11.7 Å². The molecule has 0 aliphatic rings. The lowest BCUT2D eigenvalue weighted by atomic mass is 10.1. The molecule has 1 N–H and O–H groups in total. The molecule has 1 aromatic rings. The van der Waals surface area contributed by atoms with Crippen LogP contribution < -0.4 is 5.32 Å². The zero-order valence-corrected chi connectivity index (χ0v) is 8.54. The fourth-order valence-corrected chi connectivity index (χ4v) is 1.03. The summed E-state index contributed by atoms with van der Waals surface area (Å²) in [5.74, 6) is -2.98. The fraction of sp³-hybridized carbons (Fsp3) is 0.0909. The van der Waals surface area contributed by atoms with Crippen LogP contribution in [-0.2, 0) is 4.79 Å². The summed E-state index contributed by atoms with van der Waals surface area (Å²) in [4.78, 5) is 22.1. The molecule has 3 nitrogen and oxygen atoms in total. The molecule has 6 heteroatoms. The number of nitrogens with one attached hydrogen (secondary N) is 1. The van der Waals surface area contributed by atoms with Gasteiger partial charge in [0.15, 0.2) is 0 Å². The average molecular weight is 243 g/mol. The van der Waals surface area contributed by atoms with Crippen molar-refractivity contribution in [3.8, 4) is 0 Å². The van der Waals surface area contributed by atoms with Gasteiger partial charge in [0.1, 0.15) is 0 Å². The number of carbonyl (C=O) groups excluding carboxylic acids is 2. The summed E-state index contributed by atoms with van der Waals surface area (Å²) in [5, 5.41) is 1.41. The van der Waals surface area contributed by atoms with E-state index in [9.17, 15) is 22.8 Å². The van der Waals surface area contributed by atoms with Gasteiger partial charge in [-0.2, -0.15) is 13.2 Å². The SMILES string of the molecule is C=C(NC(=O)C(F)(F)F)C(=O)c1ccccc1. The van der Waals surface area contributed by atoms with Gasteiger partial charge >= 0.3 is 12.1 Å². The van der Waals surface area contributed by atoms with Crippen LogP contribution in [0.3, 0.4) is 0 Å². The molecule has 1 aromatic carbocycles. The second-order valence-corrected chi connectivity index (χ2v) is 3.13. The third kappa shape index (κ3) is 3.44. The first-order chi connectivity index (χ1) is 7.82. The highest BCUT2D eigenvalue weighted by Crippen LogP contribution is 2.15. The van der Waals surface area contributed by atoms with Gasteiger partial charge in [0.2, 0.25) is 5.78 Å². The van der Waals surface area contributed by atoms with Gasteiger partial charge in [0.25, 0.3) is 0 Å². The van der Waals surface area contributed by atoms with Crippen LogP contribution in [0.15, 0.2) is 42.6 Å². The van der Waals surface area contributed by atoms with E-state index in [1.165, 1.54) is 17.4 Å². The third-order valence-electron chi connectivity index (χ3n) is 1.83. The molecule has 0 radical (unpaired) electrons. The molecule has 1 rings (SSSR count). The van der Waals surface area contributed by atoms with Gasteiger partial charge in [0.05, 0.1) is 5.70 Å². The molecule has 0 fully saturated rings. The molecular weight excluding hydrogens is 235 g/mol. The van der Waals surface area contributed by atoms with E-state index >= 15 is 0 Å².